The third-order valence-electron chi connectivity index (χ3n) is 4.02. The lowest BCUT2D eigenvalue weighted by atomic mass is 10.1. The van der Waals surface area contributed by atoms with Crippen molar-refractivity contribution >= 4 is 39.9 Å². The lowest BCUT2D eigenvalue weighted by molar-refractivity contribution is -0.384. The third kappa shape index (κ3) is 5.17. The molecule has 0 atom stereocenters. The predicted octanol–water partition coefficient (Wildman–Crippen LogP) is 3.65. The molecule has 8 nitrogen and oxygen atoms in total. The third-order valence-corrected chi connectivity index (χ3v) is 5.01. The van der Waals surface area contributed by atoms with Gasteiger partial charge in [0.25, 0.3) is 11.6 Å². The fourth-order valence-corrected chi connectivity index (χ4v) is 3.29. The SMILES string of the molecule is C/C(=N/NC(=O)c1ccc([N+](=O)[O-])cc1)c1ccc(NC2=NCCCS2)cc1. The quantitative estimate of drug-likeness (QED) is 0.455. The van der Waals surface area contributed by atoms with Gasteiger partial charge in [-0.1, -0.05) is 23.9 Å². The molecule has 0 radical (unpaired) electrons. The highest BCUT2D eigenvalue weighted by Gasteiger charge is 2.09. The summed E-state index contributed by atoms with van der Waals surface area (Å²) >= 11 is 1.71. The number of anilines is 1. The molecule has 0 saturated heterocycles. The molecule has 3 rings (SSSR count). The highest BCUT2D eigenvalue weighted by Crippen LogP contribution is 2.17. The summed E-state index contributed by atoms with van der Waals surface area (Å²) in [6.07, 6.45) is 1.11. The molecule has 1 aliphatic rings. The number of hydrogen-bond acceptors (Lipinski definition) is 7. The fourth-order valence-electron chi connectivity index (χ4n) is 2.45. The van der Waals surface area contributed by atoms with Crippen LogP contribution in [0, 0.1) is 10.1 Å². The number of carbonyl (C=O) groups excluding carboxylic acids is 1. The fraction of sp³-hybridized carbons (Fsp3) is 0.211. The number of nitrogens with one attached hydrogen (secondary N) is 2. The van der Waals surface area contributed by atoms with Crippen molar-refractivity contribution in [2.75, 3.05) is 17.6 Å². The van der Waals surface area contributed by atoms with Gasteiger partial charge in [-0.3, -0.25) is 19.9 Å². The van der Waals surface area contributed by atoms with Crippen LogP contribution in [-0.4, -0.2) is 34.0 Å². The largest absolute Gasteiger partial charge is 0.335 e. The zero-order valence-corrected chi connectivity index (χ0v) is 16.0. The summed E-state index contributed by atoms with van der Waals surface area (Å²) in [6.45, 7) is 2.65. The topological polar surface area (TPSA) is 109 Å². The lowest BCUT2D eigenvalue weighted by Gasteiger charge is -2.13. The van der Waals surface area contributed by atoms with Gasteiger partial charge < -0.3 is 5.32 Å². The number of non-ortho nitro benzene ring substituents is 1. The van der Waals surface area contributed by atoms with Crippen molar-refractivity contribution in [3.05, 3.63) is 69.8 Å². The molecular formula is C19H19N5O3S. The summed E-state index contributed by atoms with van der Waals surface area (Å²) in [7, 11) is 0. The Labute approximate surface area is 166 Å². The van der Waals surface area contributed by atoms with E-state index in [1.54, 1.807) is 18.7 Å². The van der Waals surface area contributed by atoms with E-state index in [0.29, 0.717) is 11.3 Å². The summed E-state index contributed by atoms with van der Waals surface area (Å²) in [5.74, 6) is 0.643. The van der Waals surface area contributed by atoms with Gasteiger partial charge in [-0.05, 0) is 43.2 Å². The summed E-state index contributed by atoms with van der Waals surface area (Å²) in [4.78, 5) is 26.7. The van der Waals surface area contributed by atoms with Crippen LogP contribution >= 0.6 is 11.8 Å². The van der Waals surface area contributed by atoms with Crippen LogP contribution in [0.2, 0.25) is 0 Å². The maximum Gasteiger partial charge on any atom is 0.271 e. The van der Waals surface area contributed by atoms with E-state index in [2.05, 4.69) is 20.8 Å². The molecule has 1 amide bonds. The summed E-state index contributed by atoms with van der Waals surface area (Å²) in [6, 6.07) is 13.0. The second-order valence-corrected chi connectivity index (χ2v) is 7.12. The molecular weight excluding hydrogens is 378 g/mol. The first-order valence-electron chi connectivity index (χ1n) is 8.67. The van der Waals surface area contributed by atoms with E-state index in [0.717, 1.165) is 35.1 Å². The van der Waals surface area contributed by atoms with Gasteiger partial charge in [-0.2, -0.15) is 5.10 Å². The molecule has 2 aromatic carbocycles. The lowest BCUT2D eigenvalue weighted by Crippen LogP contribution is -2.19. The van der Waals surface area contributed by atoms with Crippen molar-refractivity contribution in [1.82, 2.24) is 5.43 Å². The van der Waals surface area contributed by atoms with Crippen molar-refractivity contribution in [3.63, 3.8) is 0 Å². The van der Waals surface area contributed by atoms with Crippen LogP contribution in [0.5, 0.6) is 0 Å². The van der Waals surface area contributed by atoms with Crippen molar-refractivity contribution in [2.24, 2.45) is 10.1 Å². The normalized spacial score (nSPS) is 14.2. The Bertz CT molecular complexity index is 924. The smallest absolute Gasteiger partial charge is 0.271 e. The molecule has 0 aromatic heterocycles. The number of carbonyl (C=O) groups is 1. The molecule has 9 heteroatoms. The standard InChI is InChI=1S/C19H19N5O3S/c1-13(22-23-18(25)15-5-9-17(10-6-15)24(26)27)14-3-7-16(8-4-14)21-19-20-11-2-12-28-19/h3-10H,2,11-12H2,1H3,(H,20,21)(H,23,25)/b22-13-. The van der Waals surface area contributed by atoms with E-state index >= 15 is 0 Å². The van der Waals surface area contributed by atoms with Gasteiger partial charge in [-0.25, -0.2) is 5.43 Å². The number of hydrazone groups is 1. The minimum Gasteiger partial charge on any atom is -0.335 e. The summed E-state index contributed by atoms with van der Waals surface area (Å²) in [5.41, 5.74) is 5.16. The highest BCUT2D eigenvalue weighted by atomic mass is 32.2. The highest BCUT2D eigenvalue weighted by molar-refractivity contribution is 8.14. The van der Waals surface area contributed by atoms with Crippen LogP contribution in [0.15, 0.2) is 58.6 Å². The Balaban J connectivity index is 1.60. The molecule has 0 unspecified atom stereocenters. The number of aliphatic imine (C=N–C) groups is 1. The molecule has 0 spiro atoms. The van der Waals surface area contributed by atoms with E-state index in [-0.39, 0.29) is 5.69 Å². The summed E-state index contributed by atoms with van der Waals surface area (Å²) < 4.78 is 0. The first kappa shape index (κ1) is 19.6. The summed E-state index contributed by atoms with van der Waals surface area (Å²) in [5, 5.41) is 19.0. The van der Waals surface area contributed by atoms with Crippen molar-refractivity contribution < 1.29 is 9.72 Å². The van der Waals surface area contributed by atoms with Crippen LogP contribution in [0.4, 0.5) is 11.4 Å². The van der Waals surface area contributed by atoms with E-state index in [4.69, 9.17) is 0 Å². The minimum absolute atomic E-state index is 0.0671. The Morgan fingerprint density at radius 1 is 1.14 bits per heavy atom. The molecule has 1 aliphatic heterocycles. The maximum absolute atomic E-state index is 12.1. The zero-order chi connectivity index (χ0) is 19.9. The van der Waals surface area contributed by atoms with Crippen LogP contribution in [0.3, 0.4) is 0 Å². The minimum atomic E-state index is -0.512. The van der Waals surface area contributed by atoms with Crippen molar-refractivity contribution in [2.45, 2.75) is 13.3 Å². The second-order valence-electron chi connectivity index (χ2n) is 6.03. The van der Waals surface area contributed by atoms with Gasteiger partial charge >= 0.3 is 0 Å². The first-order chi connectivity index (χ1) is 13.5. The van der Waals surface area contributed by atoms with E-state index in [9.17, 15) is 14.9 Å². The van der Waals surface area contributed by atoms with E-state index < -0.39 is 10.8 Å². The van der Waals surface area contributed by atoms with Crippen LogP contribution < -0.4 is 10.7 Å². The molecule has 2 N–H and O–H groups in total. The Kier molecular flexibility index (Phi) is 6.38. The van der Waals surface area contributed by atoms with Gasteiger partial charge in [0.2, 0.25) is 0 Å². The van der Waals surface area contributed by atoms with E-state index in [1.807, 2.05) is 24.3 Å². The Hall–Kier alpha value is -3.20. The number of nitrogens with zero attached hydrogens (tertiary/aromatic N) is 3. The van der Waals surface area contributed by atoms with Crippen molar-refractivity contribution in [3.8, 4) is 0 Å². The molecule has 0 fully saturated rings. The molecule has 1 heterocycles. The van der Waals surface area contributed by atoms with Gasteiger partial charge in [0.15, 0.2) is 5.17 Å². The maximum atomic E-state index is 12.1. The predicted molar refractivity (Wildman–Crippen MR) is 112 cm³/mol. The zero-order valence-electron chi connectivity index (χ0n) is 15.2. The van der Waals surface area contributed by atoms with Gasteiger partial charge in [0.1, 0.15) is 0 Å². The number of rotatable bonds is 5. The Morgan fingerprint density at radius 2 is 1.82 bits per heavy atom. The average molecular weight is 397 g/mol. The van der Waals surface area contributed by atoms with Crippen LogP contribution in [-0.2, 0) is 0 Å². The number of nitro groups is 1. The Morgan fingerprint density at radius 3 is 2.43 bits per heavy atom. The molecule has 0 saturated carbocycles. The molecule has 0 aliphatic carbocycles. The first-order valence-corrected chi connectivity index (χ1v) is 9.65. The van der Waals surface area contributed by atoms with Crippen LogP contribution in [0.1, 0.15) is 29.3 Å². The molecule has 2 aromatic rings. The van der Waals surface area contributed by atoms with Crippen molar-refractivity contribution in [1.29, 1.82) is 0 Å². The number of amidine groups is 1. The molecule has 28 heavy (non-hydrogen) atoms. The van der Waals surface area contributed by atoms with E-state index in [1.165, 1.54) is 24.3 Å². The van der Waals surface area contributed by atoms with Gasteiger partial charge in [0, 0.05) is 35.7 Å². The molecule has 0 bridgehead atoms. The number of benzene rings is 2. The monoisotopic (exact) mass is 397 g/mol. The number of thioether (sulfide) groups is 1. The van der Waals surface area contributed by atoms with Crippen LogP contribution in [0.25, 0.3) is 0 Å². The van der Waals surface area contributed by atoms with Gasteiger partial charge in [-0.15, -0.1) is 0 Å². The van der Waals surface area contributed by atoms with Gasteiger partial charge in [0.05, 0.1) is 10.6 Å². The number of hydrogen-bond donors (Lipinski definition) is 2. The number of amides is 1. The average Bonchev–Trinajstić information content (AvgIpc) is 2.73. The number of nitro benzene ring substituents is 1. The second kappa shape index (κ2) is 9.14. The molecule has 144 valence electrons.